The molecule has 120 valence electrons. The number of hydrogen-bond donors (Lipinski definition) is 2. The van der Waals surface area contributed by atoms with Gasteiger partial charge < -0.3 is 19.8 Å². The van der Waals surface area contributed by atoms with Crippen LogP contribution < -0.4 is 4.74 Å². The summed E-state index contributed by atoms with van der Waals surface area (Å²) in [7, 11) is 1.42. The number of nitrogens with zero attached hydrogens (tertiary/aromatic N) is 2. The summed E-state index contributed by atoms with van der Waals surface area (Å²) in [4.78, 5) is 24.5. The molecular weight excluding hydrogens is 292 g/mol. The quantitative estimate of drug-likeness (QED) is 0.617. The Kier molecular flexibility index (Phi) is 4.62. The molecule has 0 radical (unpaired) electrons. The van der Waals surface area contributed by atoms with E-state index in [1.54, 1.807) is 6.92 Å². The highest BCUT2D eigenvalue weighted by molar-refractivity contribution is 5.99. The van der Waals surface area contributed by atoms with E-state index in [9.17, 15) is 25.1 Å². The van der Waals surface area contributed by atoms with Gasteiger partial charge in [0.2, 0.25) is 0 Å². The standard InChI is InChI=1S/C14H18N2O6/c1-8-3-12(16(20)21)11(5-13(8)22-2)14(19)15-6-10(18)4-9(15)7-17/h3,5,9-10,17-18H,4,6-7H2,1-2H3/t9-,10+/m0/s1. The lowest BCUT2D eigenvalue weighted by atomic mass is 10.1. The van der Waals surface area contributed by atoms with Crippen molar-refractivity contribution in [2.45, 2.75) is 25.5 Å². The van der Waals surface area contributed by atoms with Crippen molar-refractivity contribution < 1.29 is 24.7 Å². The molecule has 2 N–H and O–H groups in total. The number of aryl methyl sites for hydroxylation is 1. The maximum Gasteiger partial charge on any atom is 0.282 e. The number of carbonyl (C=O) groups is 1. The van der Waals surface area contributed by atoms with Crippen molar-refractivity contribution in [3.05, 3.63) is 33.4 Å². The van der Waals surface area contributed by atoms with Crippen LogP contribution in [0, 0.1) is 17.0 Å². The van der Waals surface area contributed by atoms with E-state index in [2.05, 4.69) is 0 Å². The number of β-amino-alcohol motifs (C(OH)–C–C–N with tert-alkyl or cyclic N) is 1. The van der Waals surface area contributed by atoms with E-state index in [0.717, 1.165) is 0 Å². The van der Waals surface area contributed by atoms with Crippen LogP contribution in [0.15, 0.2) is 12.1 Å². The van der Waals surface area contributed by atoms with E-state index in [1.807, 2.05) is 0 Å². The minimum absolute atomic E-state index is 0.0391. The zero-order valence-corrected chi connectivity index (χ0v) is 12.4. The number of likely N-dealkylation sites (tertiary alicyclic amines) is 1. The van der Waals surface area contributed by atoms with Gasteiger partial charge in [0.25, 0.3) is 11.6 Å². The molecule has 2 rings (SSSR count). The molecule has 1 amide bonds. The lowest BCUT2D eigenvalue weighted by Crippen LogP contribution is -2.38. The number of aliphatic hydroxyl groups is 2. The molecule has 1 aromatic carbocycles. The minimum atomic E-state index is -0.743. The highest BCUT2D eigenvalue weighted by atomic mass is 16.6. The summed E-state index contributed by atoms with van der Waals surface area (Å²) >= 11 is 0. The van der Waals surface area contributed by atoms with Crippen LogP contribution in [0.25, 0.3) is 0 Å². The van der Waals surface area contributed by atoms with Gasteiger partial charge in [0, 0.05) is 18.7 Å². The fraction of sp³-hybridized carbons (Fsp3) is 0.500. The number of nitro groups is 1. The molecular formula is C14H18N2O6. The number of methoxy groups -OCH3 is 1. The number of hydrogen-bond acceptors (Lipinski definition) is 6. The molecule has 1 fully saturated rings. The second-order valence-corrected chi connectivity index (χ2v) is 5.28. The number of nitro benzene ring substituents is 1. The Morgan fingerprint density at radius 2 is 2.23 bits per heavy atom. The van der Waals surface area contributed by atoms with Crippen molar-refractivity contribution in [1.29, 1.82) is 0 Å². The van der Waals surface area contributed by atoms with Crippen molar-refractivity contribution in [3.8, 4) is 5.75 Å². The maximum absolute atomic E-state index is 12.6. The van der Waals surface area contributed by atoms with E-state index in [1.165, 1.54) is 24.1 Å². The van der Waals surface area contributed by atoms with Gasteiger partial charge in [0.05, 0.1) is 30.8 Å². The van der Waals surface area contributed by atoms with Crippen LogP contribution >= 0.6 is 0 Å². The molecule has 0 aliphatic carbocycles. The molecule has 0 spiro atoms. The molecule has 8 heteroatoms. The number of benzene rings is 1. The predicted molar refractivity (Wildman–Crippen MR) is 76.9 cm³/mol. The minimum Gasteiger partial charge on any atom is -0.496 e. The van der Waals surface area contributed by atoms with E-state index >= 15 is 0 Å². The lowest BCUT2D eigenvalue weighted by Gasteiger charge is -2.23. The molecule has 22 heavy (non-hydrogen) atoms. The fourth-order valence-electron chi connectivity index (χ4n) is 2.68. The van der Waals surface area contributed by atoms with Gasteiger partial charge in [-0.05, 0) is 18.9 Å². The van der Waals surface area contributed by atoms with Crippen molar-refractivity contribution in [1.82, 2.24) is 4.90 Å². The van der Waals surface area contributed by atoms with Gasteiger partial charge in [0.15, 0.2) is 0 Å². The molecule has 0 unspecified atom stereocenters. The Morgan fingerprint density at radius 3 is 2.77 bits per heavy atom. The predicted octanol–water partition coefficient (Wildman–Crippen LogP) is 0.480. The van der Waals surface area contributed by atoms with Crippen molar-refractivity contribution in [2.24, 2.45) is 0 Å². The van der Waals surface area contributed by atoms with Gasteiger partial charge in [-0.15, -0.1) is 0 Å². The van der Waals surface area contributed by atoms with Gasteiger partial charge in [-0.25, -0.2) is 0 Å². The van der Waals surface area contributed by atoms with Crippen LogP contribution in [-0.4, -0.2) is 58.4 Å². The second kappa shape index (κ2) is 6.29. The Morgan fingerprint density at radius 1 is 1.55 bits per heavy atom. The van der Waals surface area contributed by atoms with Crippen molar-refractivity contribution in [2.75, 3.05) is 20.3 Å². The lowest BCUT2D eigenvalue weighted by molar-refractivity contribution is -0.385. The molecule has 0 bridgehead atoms. The first kappa shape index (κ1) is 16.2. The summed E-state index contributed by atoms with van der Waals surface area (Å²) in [6, 6.07) is 2.07. The molecule has 1 heterocycles. The fourth-order valence-corrected chi connectivity index (χ4v) is 2.68. The average molecular weight is 310 g/mol. The number of amides is 1. The summed E-state index contributed by atoms with van der Waals surface area (Å²) < 4.78 is 5.12. The molecule has 2 atom stereocenters. The van der Waals surface area contributed by atoms with Gasteiger partial charge in [0.1, 0.15) is 11.3 Å². The third-order valence-electron chi connectivity index (χ3n) is 3.80. The first-order valence-electron chi connectivity index (χ1n) is 6.82. The summed E-state index contributed by atoms with van der Waals surface area (Å²) in [5.41, 5.74) is 0.118. The normalized spacial score (nSPS) is 21.0. The van der Waals surface area contributed by atoms with E-state index in [4.69, 9.17) is 4.74 Å². The Balaban J connectivity index is 2.46. The first-order valence-corrected chi connectivity index (χ1v) is 6.82. The highest BCUT2D eigenvalue weighted by Gasteiger charge is 2.37. The van der Waals surface area contributed by atoms with E-state index in [-0.39, 0.29) is 30.8 Å². The zero-order chi connectivity index (χ0) is 16.4. The van der Waals surface area contributed by atoms with Crippen LogP contribution in [0.3, 0.4) is 0 Å². The third kappa shape index (κ3) is 2.88. The summed E-state index contributed by atoms with van der Waals surface area (Å²) in [6.45, 7) is 1.38. The molecule has 8 nitrogen and oxygen atoms in total. The second-order valence-electron chi connectivity index (χ2n) is 5.28. The van der Waals surface area contributed by atoms with Crippen LogP contribution in [0.5, 0.6) is 5.75 Å². The monoisotopic (exact) mass is 310 g/mol. The van der Waals surface area contributed by atoms with Crippen molar-refractivity contribution in [3.63, 3.8) is 0 Å². The van der Waals surface area contributed by atoms with Crippen LogP contribution in [0.4, 0.5) is 5.69 Å². The van der Waals surface area contributed by atoms with Crippen LogP contribution in [0.1, 0.15) is 22.3 Å². The summed E-state index contributed by atoms with van der Waals surface area (Å²) in [5.74, 6) is -0.227. The maximum atomic E-state index is 12.6. The number of ether oxygens (including phenoxy) is 1. The SMILES string of the molecule is COc1cc(C(=O)N2C[C@H](O)C[C@H]2CO)c([N+](=O)[O-])cc1C. The molecule has 0 aromatic heterocycles. The summed E-state index contributed by atoms with van der Waals surface area (Å²) in [6.07, 6.45) is -0.494. The van der Waals surface area contributed by atoms with Gasteiger partial charge in [-0.1, -0.05) is 0 Å². The van der Waals surface area contributed by atoms with Crippen LogP contribution in [0.2, 0.25) is 0 Å². The largest absolute Gasteiger partial charge is 0.496 e. The Labute approximate surface area is 127 Å². The van der Waals surface area contributed by atoms with E-state index < -0.39 is 23.0 Å². The summed E-state index contributed by atoms with van der Waals surface area (Å²) in [5, 5.41) is 30.2. The highest BCUT2D eigenvalue weighted by Crippen LogP contribution is 2.31. The topological polar surface area (TPSA) is 113 Å². The van der Waals surface area contributed by atoms with Gasteiger partial charge >= 0.3 is 0 Å². The number of rotatable bonds is 4. The van der Waals surface area contributed by atoms with E-state index in [0.29, 0.717) is 11.3 Å². The number of aliphatic hydroxyl groups excluding tert-OH is 2. The Hall–Kier alpha value is -2.19. The van der Waals surface area contributed by atoms with Crippen molar-refractivity contribution >= 4 is 11.6 Å². The van der Waals surface area contributed by atoms with Gasteiger partial charge in [-0.2, -0.15) is 0 Å². The Bertz CT molecular complexity index is 603. The van der Waals surface area contributed by atoms with Gasteiger partial charge in [-0.3, -0.25) is 14.9 Å². The third-order valence-corrected chi connectivity index (χ3v) is 3.80. The zero-order valence-electron chi connectivity index (χ0n) is 12.4. The number of carbonyl (C=O) groups excluding carboxylic acids is 1. The molecule has 1 aromatic rings. The smallest absolute Gasteiger partial charge is 0.282 e. The first-order chi connectivity index (χ1) is 10.4. The molecule has 1 aliphatic rings. The molecule has 1 aliphatic heterocycles. The molecule has 1 saturated heterocycles. The average Bonchev–Trinajstić information content (AvgIpc) is 2.87. The molecule has 0 saturated carbocycles. The van der Waals surface area contributed by atoms with Crippen LogP contribution in [-0.2, 0) is 0 Å².